The van der Waals surface area contributed by atoms with E-state index >= 15 is 0 Å². The van der Waals surface area contributed by atoms with Crippen molar-refractivity contribution in [2.75, 3.05) is 0 Å². The molecule has 0 radical (unpaired) electrons. The molecule has 0 saturated heterocycles. The summed E-state index contributed by atoms with van der Waals surface area (Å²) in [6.45, 7) is 4.10. The topological polar surface area (TPSA) is 64.3 Å². The molecule has 0 fully saturated rings. The zero-order valence-electron chi connectivity index (χ0n) is 16.9. The fourth-order valence-corrected chi connectivity index (χ4v) is 3.18. The number of nitrogens with zero attached hydrogens (tertiary/aromatic N) is 2. The van der Waals surface area contributed by atoms with Gasteiger partial charge < -0.3 is 9.84 Å². The van der Waals surface area contributed by atoms with E-state index < -0.39 is 5.97 Å². The summed E-state index contributed by atoms with van der Waals surface area (Å²) in [5, 5.41) is 14.1. The smallest absolute Gasteiger partial charge is 0.354 e. The van der Waals surface area contributed by atoms with E-state index in [1.165, 1.54) is 10.2 Å². The van der Waals surface area contributed by atoms with Gasteiger partial charge in [0.05, 0.1) is 11.4 Å². The first-order chi connectivity index (χ1) is 14.5. The Morgan fingerprint density at radius 3 is 2.10 bits per heavy atom. The average molecular weight is 398 g/mol. The molecular weight excluding hydrogens is 376 g/mol. The van der Waals surface area contributed by atoms with Crippen molar-refractivity contribution in [1.82, 2.24) is 9.78 Å². The third-order valence-electron chi connectivity index (χ3n) is 4.92. The van der Waals surface area contributed by atoms with Crippen molar-refractivity contribution in [2.45, 2.75) is 20.3 Å². The summed E-state index contributed by atoms with van der Waals surface area (Å²) in [5.41, 5.74) is 4.59. The first kappa shape index (κ1) is 19.5. The third kappa shape index (κ3) is 4.10. The van der Waals surface area contributed by atoms with Gasteiger partial charge in [-0.1, -0.05) is 36.8 Å². The summed E-state index contributed by atoms with van der Waals surface area (Å²) in [6.07, 6.45) is 0.989. The summed E-state index contributed by atoms with van der Waals surface area (Å²) in [7, 11) is 0. The lowest BCUT2D eigenvalue weighted by Crippen LogP contribution is -2.07. The van der Waals surface area contributed by atoms with Crippen LogP contribution in [0.1, 0.15) is 28.5 Å². The molecule has 1 N–H and O–H groups in total. The molecule has 150 valence electrons. The predicted octanol–water partition coefficient (Wildman–Crippen LogP) is 5.90. The van der Waals surface area contributed by atoms with Crippen LogP contribution in [-0.2, 0) is 6.42 Å². The number of aromatic carboxylic acids is 1. The summed E-state index contributed by atoms with van der Waals surface area (Å²) in [4.78, 5) is 11.7. The lowest BCUT2D eigenvalue weighted by molar-refractivity contribution is 0.0687. The number of carbonyl (C=O) groups is 1. The second kappa shape index (κ2) is 8.25. The monoisotopic (exact) mass is 398 g/mol. The summed E-state index contributed by atoms with van der Waals surface area (Å²) < 4.78 is 7.35. The second-order valence-corrected chi connectivity index (χ2v) is 7.09. The van der Waals surface area contributed by atoms with Crippen molar-refractivity contribution in [2.24, 2.45) is 0 Å². The quantitative estimate of drug-likeness (QED) is 0.439. The fraction of sp³-hybridized carbons (Fsp3) is 0.120. The Morgan fingerprint density at radius 1 is 0.933 bits per heavy atom. The molecule has 0 amide bonds. The number of benzene rings is 3. The van der Waals surface area contributed by atoms with Crippen LogP contribution in [0.15, 0.2) is 78.9 Å². The van der Waals surface area contributed by atoms with Crippen LogP contribution < -0.4 is 4.74 Å². The molecule has 0 aliphatic heterocycles. The molecule has 0 unspecified atom stereocenters. The first-order valence-corrected chi connectivity index (χ1v) is 9.81. The van der Waals surface area contributed by atoms with Crippen molar-refractivity contribution < 1.29 is 14.6 Å². The molecular formula is C25H22N2O3. The third-order valence-corrected chi connectivity index (χ3v) is 4.92. The van der Waals surface area contributed by atoms with Crippen LogP contribution in [0.25, 0.3) is 16.9 Å². The molecule has 4 rings (SSSR count). The molecule has 1 heterocycles. The number of carboxylic acid groups (broad SMARTS) is 1. The predicted molar refractivity (Wildman–Crippen MR) is 117 cm³/mol. The molecule has 0 aliphatic carbocycles. The normalized spacial score (nSPS) is 10.7. The Morgan fingerprint density at radius 2 is 1.53 bits per heavy atom. The molecule has 3 aromatic carbocycles. The maximum Gasteiger partial charge on any atom is 0.354 e. The maximum absolute atomic E-state index is 11.7. The molecule has 1 aromatic heterocycles. The number of ether oxygens (including phenoxy) is 1. The highest BCUT2D eigenvalue weighted by Gasteiger charge is 2.16. The van der Waals surface area contributed by atoms with Gasteiger partial charge in [0.25, 0.3) is 0 Å². The Labute approximate surface area is 175 Å². The van der Waals surface area contributed by atoms with E-state index in [4.69, 9.17) is 4.74 Å². The standard InChI is InChI=1S/C25H22N2O3/c1-3-18-6-12-21(13-7-18)30-22-14-8-19(9-15-22)23-16-24(25(28)29)27(26-23)20-10-4-17(2)5-11-20/h4-16H,3H2,1-2H3,(H,28,29). The summed E-state index contributed by atoms with van der Waals surface area (Å²) in [6, 6.07) is 24.6. The van der Waals surface area contributed by atoms with Crippen molar-refractivity contribution in [1.29, 1.82) is 0 Å². The highest BCUT2D eigenvalue weighted by atomic mass is 16.5. The van der Waals surface area contributed by atoms with Gasteiger partial charge in [0.2, 0.25) is 0 Å². The molecule has 0 saturated carbocycles. The van der Waals surface area contributed by atoms with E-state index in [1.54, 1.807) is 6.07 Å². The molecule has 5 nitrogen and oxygen atoms in total. The van der Waals surface area contributed by atoms with Gasteiger partial charge in [-0.2, -0.15) is 5.10 Å². The van der Waals surface area contributed by atoms with Crippen LogP contribution in [0, 0.1) is 6.92 Å². The lowest BCUT2D eigenvalue weighted by atomic mass is 10.1. The lowest BCUT2D eigenvalue weighted by Gasteiger charge is -2.07. The van der Waals surface area contributed by atoms with E-state index in [1.807, 2.05) is 67.6 Å². The Hall–Kier alpha value is -3.86. The van der Waals surface area contributed by atoms with Gasteiger partial charge in [0, 0.05) is 5.56 Å². The van der Waals surface area contributed by atoms with Crippen LogP contribution in [0.5, 0.6) is 11.5 Å². The zero-order chi connectivity index (χ0) is 21.1. The van der Waals surface area contributed by atoms with Gasteiger partial charge in [-0.15, -0.1) is 0 Å². The average Bonchev–Trinajstić information content (AvgIpc) is 3.21. The SMILES string of the molecule is CCc1ccc(Oc2ccc(-c3cc(C(=O)O)n(-c4ccc(C)cc4)n3)cc2)cc1. The Balaban J connectivity index is 1.60. The minimum Gasteiger partial charge on any atom is -0.477 e. The van der Waals surface area contributed by atoms with Crippen molar-refractivity contribution in [3.05, 3.63) is 95.7 Å². The molecule has 0 bridgehead atoms. The molecule has 0 spiro atoms. The summed E-state index contributed by atoms with van der Waals surface area (Å²) in [5.74, 6) is 0.459. The molecule has 0 aliphatic rings. The number of rotatable bonds is 6. The van der Waals surface area contributed by atoms with Gasteiger partial charge >= 0.3 is 5.97 Å². The zero-order valence-corrected chi connectivity index (χ0v) is 16.9. The van der Waals surface area contributed by atoms with Gasteiger partial charge in [-0.05, 0) is 73.5 Å². The highest BCUT2D eigenvalue weighted by molar-refractivity contribution is 5.88. The molecule has 30 heavy (non-hydrogen) atoms. The van der Waals surface area contributed by atoms with Crippen molar-refractivity contribution in [3.8, 4) is 28.4 Å². The Bertz CT molecular complexity index is 1160. The number of aryl methyl sites for hydroxylation is 2. The van der Waals surface area contributed by atoms with E-state index in [0.29, 0.717) is 17.1 Å². The largest absolute Gasteiger partial charge is 0.477 e. The van der Waals surface area contributed by atoms with Gasteiger partial charge in [-0.25, -0.2) is 9.48 Å². The minimum atomic E-state index is -1.02. The van der Waals surface area contributed by atoms with Crippen LogP contribution >= 0.6 is 0 Å². The number of hydrogen-bond donors (Lipinski definition) is 1. The van der Waals surface area contributed by atoms with E-state index in [0.717, 1.165) is 23.3 Å². The van der Waals surface area contributed by atoms with Crippen LogP contribution in [0.4, 0.5) is 0 Å². The Kier molecular flexibility index (Phi) is 5.35. The van der Waals surface area contributed by atoms with E-state index in [9.17, 15) is 9.90 Å². The van der Waals surface area contributed by atoms with Crippen molar-refractivity contribution >= 4 is 5.97 Å². The molecule has 5 heteroatoms. The minimum absolute atomic E-state index is 0.116. The number of hydrogen-bond acceptors (Lipinski definition) is 3. The highest BCUT2D eigenvalue weighted by Crippen LogP contribution is 2.27. The van der Waals surface area contributed by atoms with Crippen LogP contribution in [0.2, 0.25) is 0 Å². The maximum atomic E-state index is 11.7. The van der Waals surface area contributed by atoms with Crippen molar-refractivity contribution in [3.63, 3.8) is 0 Å². The first-order valence-electron chi connectivity index (χ1n) is 9.81. The van der Waals surface area contributed by atoms with Gasteiger partial charge in [0.1, 0.15) is 11.5 Å². The van der Waals surface area contributed by atoms with Crippen LogP contribution in [0.3, 0.4) is 0 Å². The van der Waals surface area contributed by atoms with E-state index in [-0.39, 0.29) is 5.69 Å². The number of aromatic nitrogens is 2. The molecule has 0 atom stereocenters. The second-order valence-electron chi connectivity index (χ2n) is 7.09. The molecule has 4 aromatic rings. The van der Waals surface area contributed by atoms with E-state index in [2.05, 4.69) is 24.2 Å². The fourth-order valence-electron chi connectivity index (χ4n) is 3.18. The van der Waals surface area contributed by atoms with Crippen LogP contribution in [-0.4, -0.2) is 20.9 Å². The van der Waals surface area contributed by atoms with Gasteiger partial charge in [-0.3, -0.25) is 0 Å². The summed E-state index contributed by atoms with van der Waals surface area (Å²) >= 11 is 0. The number of carboxylic acids is 1. The van der Waals surface area contributed by atoms with Gasteiger partial charge in [0.15, 0.2) is 5.69 Å².